The fraction of sp³-hybridized carbons (Fsp3) is 1.00. The van der Waals surface area contributed by atoms with Crippen molar-refractivity contribution in [2.75, 3.05) is 26.3 Å². The highest BCUT2D eigenvalue weighted by molar-refractivity contribution is 4.82. The molecule has 1 rings (SSSR count). The van der Waals surface area contributed by atoms with Crippen LogP contribution in [0.3, 0.4) is 0 Å². The Balaban J connectivity index is 2.37. The maximum absolute atomic E-state index is 5.38. The molecule has 0 aromatic carbocycles. The van der Waals surface area contributed by atoms with Crippen molar-refractivity contribution in [3.05, 3.63) is 0 Å². The lowest BCUT2D eigenvalue weighted by atomic mass is 9.78. The summed E-state index contributed by atoms with van der Waals surface area (Å²) >= 11 is 0. The molecule has 1 heterocycles. The van der Waals surface area contributed by atoms with Gasteiger partial charge in [-0.15, -0.1) is 0 Å². The van der Waals surface area contributed by atoms with E-state index < -0.39 is 0 Å². The average molecular weight is 171 g/mol. The van der Waals surface area contributed by atoms with Gasteiger partial charge in [0.05, 0.1) is 0 Å². The monoisotopic (exact) mass is 171 g/mol. The standard InChI is InChI=1S/C10H21NO/c1-3-10(9-11-4-2)5-7-12-8-6-10/h11H,3-9H2,1-2H3. The van der Waals surface area contributed by atoms with E-state index in [-0.39, 0.29) is 0 Å². The third-order valence-electron chi connectivity index (χ3n) is 3.05. The van der Waals surface area contributed by atoms with Crippen LogP contribution >= 0.6 is 0 Å². The van der Waals surface area contributed by atoms with Crippen molar-refractivity contribution in [3.8, 4) is 0 Å². The van der Waals surface area contributed by atoms with E-state index in [0.717, 1.165) is 19.8 Å². The predicted octanol–water partition coefficient (Wildman–Crippen LogP) is 1.80. The van der Waals surface area contributed by atoms with Gasteiger partial charge in [0.2, 0.25) is 0 Å². The summed E-state index contributed by atoms with van der Waals surface area (Å²) in [6.07, 6.45) is 3.75. The van der Waals surface area contributed by atoms with Crippen molar-refractivity contribution in [3.63, 3.8) is 0 Å². The lowest BCUT2D eigenvalue weighted by molar-refractivity contribution is 0.0131. The molecule has 0 amide bonds. The van der Waals surface area contributed by atoms with E-state index in [1.54, 1.807) is 0 Å². The molecule has 0 unspecified atom stereocenters. The van der Waals surface area contributed by atoms with Crippen molar-refractivity contribution in [2.45, 2.75) is 33.1 Å². The molecular weight excluding hydrogens is 150 g/mol. The van der Waals surface area contributed by atoms with E-state index in [0.29, 0.717) is 5.41 Å². The SMILES string of the molecule is CCNCC1(CC)CCOCC1. The van der Waals surface area contributed by atoms with Gasteiger partial charge < -0.3 is 10.1 Å². The van der Waals surface area contributed by atoms with Gasteiger partial charge in [0.1, 0.15) is 0 Å². The number of ether oxygens (including phenoxy) is 1. The van der Waals surface area contributed by atoms with Crippen LogP contribution in [0.5, 0.6) is 0 Å². The van der Waals surface area contributed by atoms with Crippen LogP contribution in [-0.2, 0) is 4.74 Å². The van der Waals surface area contributed by atoms with Gasteiger partial charge in [-0.25, -0.2) is 0 Å². The second kappa shape index (κ2) is 4.83. The van der Waals surface area contributed by atoms with Crippen LogP contribution in [0.1, 0.15) is 33.1 Å². The second-order valence-electron chi connectivity index (χ2n) is 3.75. The number of nitrogens with one attached hydrogen (secondary N) is 1. The second-order valence-corrected chi connectivity index (χ2v) is 3.75. The zero-order valence-electron chi connectivity index (χ0n) is 8.36. The van der Waals surface area contributed by atoms with Crippen molar-refractivity contribution < 1.29 is 4.74 Å². The van der Waals surface area contributed by atoms with Crippen LogP contribution < -0.4 is 5.32 Å². The molecule has 0 aromatic rings. The summed E-state index contributed by atoms with van der Waals surface area (Å²) in [7, 11) is 0. The van der Waals surface area contributed by atoms with E-state index in [9.17, 15) is 0 Å². The van der Waals surface area contributed by atoms with Gasteiger partial charge in [-0.2, -0.15) is 0 Å². The molecule has 0 bridgehead atoms. The Kier molecular flexibility index (Phi) is 4.02. The van der Waals surface area contributed by atoms with Crippen LogP contribution in [0.2, 0.25) is 0 Å². The van der Waals surface area contributed by atoms with Crippen LogP contribution in [-0.4, -0.2) is 26.3 Å². The molecule has 12 heavy (non-hydrogen) atoms. The molecule has 1 fully saturated rings. The highest BCUT2D eigenvalue weighted by Crippen LogP contribution is 2.32. The van der Waals surface area contributed by atoms with Crippen molar-refractivity contribution in [1.29, 1.82) is 0 Å². The van der Waals surface area contributed by atoms with E-state index in [1.807, 2.05) is 0 Å². The Hall–Kier alpha value is -0.0800. The molecule has 1 saturated heterocycles. The van der Waals surface area contributed by atoms with Gasteiger partial charge in [-0.3, -0.25) is 0 Å². The highest BCUT2D eigenvalue weighted by Gasteiger charge is 2.29. The summed E-state index contributed by atoms with van der Waals surface area (Å²) in [5, 5.41) is 3.45. The molecule has 0 saturated carbocycles. The van der Waals surface area contributed by atoms with Gasteiger partial charge in [-0.1, -0.05) is 13.8 Å². The molecule has 2 nitrogen and oxygen atoms in total. The third-order valence-corrected chi connectivity index (χ3v) is 3.05. The first-order chi connectivity index (χ1) is 5.83. The summed E-state index contributed by atoms with van der Waals surface area (Å²) in [5.41, 5.74) is 0.536. The van der Waals surface area contributed by atoms with E-state index >= 15 is 0 Å². The smallest absolute Gasteiger partial charge is 0.0471 e. The molecule has 0 spiro atoms. The minimum absolute atomic E-state index is 0.536. The highest BCUT2D eigenvalue weighted by atomic mass is 16.5. The molecule has 0 aliphatic carbocycles. The van der Waals surface area contributed by atoms with E-state index in [4.69, 9.17) is 4.74 Å². The lowest BCUT2D eigenvalue weighted by Gasteiger charge is -2.36. The van der Waals surface area contributed by atoms with Gasteiger partial charge in [0.25, 0.3) is 0 Å². The number of hydrogen-bond donors (Lipinski definition) is 1. The van der Waals surface area contributed by atoms with E-state index in [2.05, 4.69) is 19.2 Å². The normalized spacial score (nSPS) is 22.5. The fourth-order valence-electron chi connectivity index (χ4n) is 1.85. The van der Waals surface area contributed by atoms with Crippen LogP contribution in [0.15, 0.2) is 0 Å². The summed E-state index contributed by atoms with van der Waals surface area (Å²) in [6.45, 7) is 8.63. The Morgan fingerprint density at radius 1 is 1.25 bits per heavy atom. The first-order valence-corrected chi connectivity index (χ1v) is 5.11. The Morgan fingerprint density at radius 2 is 1.92 bits per heavy atom. The van der Waals surface area contributed by atoms with Crippen molar-refractivity contribution in [2.24, 2.45) is 5.41 Å². The molecule has 1 N–H and O–H groups in total. The quantitative estimate of drug-likeness (QED) is 0.696. The summed E-state index contributed by atoms with van der Waals surface area (Å²) in [5.74, 6) is 0. The Morgan fingerprint density at radius 3 is 2.42 bits per heavy atom. The molecule has 72 valence electrons. The molecule has 0 aromatic heterocycles. The van der Waals surface area contributed by atoms with Crippen molar-refractivity contribution >= 4 is 0 Å². The first-order valence-electron chi connectivity index (χ1n) is 5.11. The predicted molar refractivity (Wildman–Crippen MR) is 51.3 cm³/mol. The molecular formula is C10H21NO. The lowest BCUT2D eigenvalue weighted by Crippen LogP contribution is -2.38. The Labute approximate surface area is 75.7 Å². The maximum atomic E-state index is 5.38. The molecule has 0 radical (unpaired) electrons. The van der Waals surface area contributed by atoms with Crippen molar-refractivity contribution in [1.82, 2.24) is 5.32 Å². The van der Waals surface area contributed by atoms with Crippen LogP contribution in [0.25, 0.3) is 0 Å². The van der Waals surface area contributed by atoms with Gasteiger partial charge >= 0.3 is 0 Å². The molecule has 2 heteroatoms. The molecule has 1 aliphatic heterocycles. The summed E-state index contributed by atoms with van der Waals surface area (Å²) < 4.78 is 5.38. The fourth-order valence-corrected chi connectivity index (χ4v) is 1.85. The van der Waals surface area contributed by atoms with Gasteiger partial charge in [0.15, 0.2) is 0 Å². The zero-order valence-corrected chi connectivity index (χ0v) is 8.36. The summed E-state index contributed by atoms with van der Waals surface area (Å²) in [6, 6.07) is 0. The zero-order chi connectivity index (χ0) is 8.86. The third kappa shape index (κ3) is 2.46. The molecule has 1 aliphatic rings. The largest absolute Gasteiger partial charge is 0.381 e. The minimum Gasteiger partial charge on any atom is -0.381 e. The van der Waals surface area contributed by atoms with Crippen LogP contribution in [0.4, 0.5) is 0 Å². The number of hydrogen-bond acceptors (Lipinski definition) is 2. The van der Waals surface area contributed by atoms with Crippen LogP contribution in [0, 0.1) is 5.41 Å². The minimum atomic E-state index is 0.536. The average Bonchev–Trinajstić information content (AvgIpc) is 2.16. The van der Waals surface area contributed by atoms with Gasteiger partial charge in [0, 0.05) is 19.8 Å². The van der Waals surface area contributed by atoms with Gasteiger partial charge in [-0.05, 0) is 31.2 Å². The Bertz CT molecular complexity index is 119. The van der Waals surface area contributed by atoms with E-state index in [1.165, 1.54) is 25.8 Å². The molecule has 0 atom stereocenters. The number of rotatable bonds is 4. The topological polar surface area (TPSA) is 21.3 Å². The first kappa shape index (κ1) is 10.0. The maximum Gasteiger partial charge on any atom is 0.0471 e. The summed E-state index contributed by atoms with van der Waals surface area (Å²) in [4.78, 5) is 0.